The van der Waals surface area contributed by atoms with E-state index in [9.17, 15) is 0 Å². The van der Waals surface area contributed by atoms with E-state index in [0.29, 0.717) is 45.4 Å². The first-order valence-electron chi connectivity index (χ1n) is 16.6. The third kappa shape index (κ3) is 5.44. The van der Waals surface area contributed by atoms with Gasteiger partial charge in [0.25, 0.3) is 0 Å². The topological polar surface area (TPSA) is 75.0 Å². The van der Waals surface area contributed by atoms with E-state index < -0.39 is 6.85 Å². The van der Waals surface area contributed by atoms with Crippen molar-refractivity contribution in [2.45, 2.75) is 13.8 Å². The quantitative estimate of drug-likeness (QED) is 0.178. The van der Waals surface area contributed by atoms with Crippen molar-refractivity contribution in [2.24, 2.45) is 0 Å². The Labute approximate surface area is 276 Å². The van der Waals surface area contributed by atoms with Crippen LogP contribution in [0.2, 0.25) is 0 Å². The molecule has 0 saturated carbocycles. The number of aromatic nitrogens is 5. The summed E-state index contributed by atoms with van der Waals surface area (Å²) in [4.78, 5) is 18.1. The second kappa shape index (κ2) is 11.9. The molecule has 47 heavy (non-hydrogen) atoms. The second-order valence-electron chi connectivity index (χ2n) is 11.1. The first-order valence-corrected chi connectivity index (χ1v) is 15.1. The zero-order valence-corrected chi connectivity index (χ0v) is 25.3. The molecule has 7 heteroatoms. The summed E-state index contributed by atoms with van der Waals surface area (Å²) in [5, 5.41) is 1.33. The average Bonchev–Trinajstić information content (AvgIpc) is 3.46. The smallest absolute Gasteiger partial charge is 0.234 e. The molecule has 0 atom stereocenters. The summed E-state index contributed by atoms with van der Waals surface area (Å²) < 4.78 is 40.5. The highest BCUT2D eigenvalue weighted by Crippen LogP contribution is 2.41. The molecule has 226 valence electrons. The van der Waals surface area contributed by atoms with Crippen LogP contribution in [0.15, 0.2) is 140 Å². The minimum Gasteiger partial charge on any atom is -0.457 e. The highest BCUT2D eigenvalue weighted by Gasteiger charge is 2.20. The van der Waals surface area contributed by atoms with Crippen LogP contribution >= 0.6 is 0 Å². The van der Waals surface area contributed by atoms with Gasteiger partial charge in [0.15, 0.2) is 0 Å². The van der Waals surface area contributed by atoms with Gasteiger partial charge in [-0.15, -0.1) is 0 Å². The number of hydrogen-bond donors (Lipinski definition) is 0. The van der Waals surface area contributed by atoms with E-state index >= 15 is 0 Å². The molecule has 0 fully saturated rings. The summed E-state index contributed by atoms with van der Waals surface area (Å²) in [5.74, 6) is 2.50. The molecule has 4 heterocycles. The van der Waals surface area contributed by atoms with Gasteiger partial charge < -0.3 is 9.47 Å². The van der Waals surface area contributed by atoms with E-state index in [-0.39, 0.29) is 5.56 Å². The van der Waals surface area contributed by atoms with Crippen LogP contribution in [0.1, 0.15) is 15.2 Å². The summed E-state index contributed by atoms with van der Waals surface area (Å²) in [6, 6.07) is 35.8. The standard InChI is InChI=1S/C40H29N5O2/c1-26-20-32(46-30-12-7-10-28(22-30)34-14-3-5-16-41-34)24-36-38(26)39-27(2)21-33(25-37(39)45(36)40-43-18-9-19-44-40)47-31-13-8-11-29(23-31)35-15-4-6-17-42-35/h3-25H,1-2H3/i1D3. The molecule has 0 aliphatic rings. The van der Waals surface area contributed by atoms with Crippen LogP contribution in [0.4, 0.5) is 0 Å². The third-order valence-electron chi connectivity index (χ3n) is 7.92. The normalized spacial score (nSPS) is 12.4. The average molecular weight is 615 g/mol. The lowest BCUT2D eigenvalue weighted by Crippen LogP contribution is -2.00. The van der Waals surface area contributed by atoms with Crippen molar-refractivity contribution in [3.8, 4) is 51.5 Å². The Hall–Kier alpha value is -6.34. The third-order valence-corrected chi connectivity index (χ3v) is 7.92. The summed E-state index contributed by atoms with van der Waals surface area (Å²) in [6.45, 7) is -0.510. The number of fused-ring (bicyclic) bond motifs is 3. The van der Waals surface area contributed by atoms with Crippen molar-refractivity contribution in [1.82, 2.24) is 24.5 Å². The van der Waals surface area contributed by atoms with Gasteiger partial charge in [-0.05, 0) is 91.6 Å². The predicted molar refractivity (Wildman–Crippen MR) is 185 cm³/mol. The van der Waals surface area contributed by atoms with Gasteiger partial charge in [-0.1, -0.05) is 36.4 Å². The largest absolute Gasteiger partial charge is 0.457 e. The molecule has 0 bridgehead atoms. The van der Waals surface area contributed by atoms with Crippen LogP contribution in [0.3, 0.4) is 0 Å². The fourth-order valence-electron chi connectivity index (χ4n) is 5.92. The van der Waals surface area contributed by atoms with Gasteiger partial charge in [0.2, 0.25) is 5.95 Å². The number of nitrogens with zero attached hydrogens (tertiary/aromatic N) is 5. The van der Waals surface area contributed by atoms with E-state index in [0.717, 1.165) is 33.5 Å². The van der Waals surface area contributed by atoms with Crippen LogP contribution in [-0.2, 0) is 0 Å². The number of ether oxygens (including phenoxy) is 2. The molecule has 4 aromatic carbocycles. The molecule has 4 aromatic heterocycles. The first kappa shape index (κ1) is 24.9. The lowest BCUT2D eigenvalue weighted by molar-refractivity contribution is 0.483. The first-order chi connectivity index (χ1) is 24.3. The predicted octanol–water partition coefficient (Wildman–Crippen LogP) is 9.90. The maximum atomic E-state index is 8.62. The molecule has 0 unspecified atom stereocenters. The summed E-state index contributed by atoms with van der Waals surface area (Å²) in [5.41, 5.74) is 5.72. The van der Waals surface area contributed by atoms with Crippen molar-refractivity contribution in [1.29, 1.82) is 0 Å². The molecule has 0 aliphatic heterocycles. The second-order valence-corrected chi connectivity index (χ2v) is 11.1. The van der Waals surface area contributed by atoms with Gasteiger partial charge in [0, 0.05) is 62.9 Å². The SMILES string of the molecule is [2H]C([2H])([2H])c1cc(Oc2cccc(-c3ccccn3)c2)cc2c1c1c(C)cc(Oc3cccc(-c4ccccn4)c3)cc1n2-c1ncccn1. The molecular formula is C40H29N5O2. The van der Waals surface area contributed by atoms with Crippen molar-refractivity contribution in [3.05, 3.63) is 151 Å². The van der Waals surface area contributed by atoms with E-state index in [1.807, 2.05) is 115 Å². The van der Waals surface area contributed by atoms with Gasteiger partial charge >= 0.3 is 0 Å². The molecule has 0 aliphatic carbocycles. The van der Waals surface area contributed by atoms with Crippen LogP contribution in [0.25, 0.3) is 50.3 Å². The Bertz CT molecular complexity index is 2490. The van der Waals surface area contributed by atoms with Gasteiger partial charge in [-0.2, -0.15) is 0 Å². The van der Waals surface area contributed by atoms with Gasteiger partial charge in [-0.3, -0.25) is 14.5 Å². The Morgan fingerprint density at radius 1 is 0.511 bits per heavy atom. The van der Waals surface area contributed by atoms with Crippen LogP contribution in [-0.4, -0.2) is 24.5 Å². The van der Waals surface area contributed by atoms with Crippen molar-refractivity contribution >= 4 is 21.8 Å². The number of hydrogen-bond acceptors (Lipinski definition) is 6. The van der Waals surface area contributed by atoms with Crippen molar-refractivity contribution in [2.75, 3.05) is 0 Å². The van der Waals surface area contributed by atoms with E-state index in [1.54, 1.807) is 36.9 Å². The molecule has 0 saturated heterocycles. The molecule has 0 amide bonds. The minimum absolute atomic E-state index is 0.158. The molecule has 8 rings (SSSR count). The number of pyridine rings is 2. The van der Waals surface area contributed by atoms with Crippen LogP contribution in [0.5, 0.6) is 23.0 Å². The number of aryl methyl sites for hydroxylation is 2. The maximum Gasteiger partial charge on any atom is 0.234 e. The van der Waals surface area contributed by atoms with Gasteiger partial charge in [0.05, 0.1) is 22.4 Å². The summed E-state index contributed by atoms with van der Waals surface area (Å²) in [7, 11) is 0. The van der Waals surface area contributed by atoms with E-state index in [4.69, 9.17) is 13.6 Å². The van der Waals surface area contributed by atoms with E-state index in [2.05, 4.69) is 19.9 Å². The van der Waals surface area contributed by atoms with E-state index in [1.165, 1.54) is 0 Å². The minimum atomic E-state index is -2.46. The lowest BCUT2D eigenvalue weighted by atomic mass is 10.0. The summed E-state index contributed by atoms with van der Waals surface area (Å²) in [6.07, 6.45) is 6.81. The van der Waals surface area contributed by atoms with Crippen molar-refractivity contribution in [3.63, 3.8) is 0 Å². The molecule has 0 N–H and O–H groups in total. The zero-order chi connectivity index (χ0) is 34.2. The molecular weight excluding hydrogens is 582 g/mol. The fraction of sp³-hybridized carbons (Fsp3) is 0.0500. The van der Waals surface area contributed by atoms with Crippen LogP contribution in [0, 0.1) is 13.8 Å². The lowest BCUT2D eigenvalue weighted by Gasteiger charge is -2.11. The molecule has 0 radical (unpaired) electrons. The highest BCUT2D eigenvalue weighted by molar-refractivity contribution is 6.13. The van der Waals surface area contributed by atoms with Crippen molar-refractivity contribution < 1.29 is 13.6 Å². The Morgan fingerprint density at radius 2 is 1.04 bits per heavy atom. The Morgan fingerprint density at radius 3 is 1.57 bits per heavy atom. The maximum absolute atomic E-state index is 8.62. The Kier molecular flexibility index (Phi) is 6.29. The molecule has 8 aromatic rings. The molecule has 0 spiro atoms. The van der Waals surface area contributed by atoms with Gasteiger partial charge in [0.1, 0.15) is 23.0 Å². The Balaban J connectivity index is 1.30. The monoisotopic (exact) mass is 614 g/mol. The number of benzene rings is 4. The van der Waals surface area contributed by atoms with Gasteiger partial charge in [-0.25, -0.2) is 9.97 Å². The zero-order valence-electron chi connectivity index (χ0n) is 28.3. The summed E-state index contributed by atoms with van der Waals surface area (Å²) >= 11 is 0. The highest BCUT2D eigenvalue weighted by atomic mass is 16.5. The number of rotatable bonds is 7. The van der Waals surface area contributed by atoms with Crippen LogP contribution < -0.4 is 9.47 Å². The fourth-order valence-corrected chi connectivity index (χ4v) is 5.92. The molecule has 7 nitrogen and oxygen atoms in total.